The van der Waals surface area contributed by atoms with E-state index in [4.69, 9.17) is 16.9 Å². The highest BCUT2D eigenvalue weighted by molar-refractivity contribution is 6.30. The predicted molar refractivity (Wildman–Crippen MR) is 111 cm³/mol. The van der Waals surface area contributed by atoms with Gasteiger partial charge in [0.1, 0.15) is 0 Å². The minimum atomic E-state index is -0.207. The molecule has 0 radical (unpaired) electrons. The van der Waals surface area contributed by atoms with E-state index in [1.165, 1.54) is 0 Å². The van der Waals surface area contributed by atoms with Gasteiger partial charge in [0.05, 0.1) is 11.6 Å². The van der Waals surface area contributed by atoms with Crippen LogP contribution in [0.1, 0.15) is 27.9 Å². The first-order valence-electron chi connectivity index (χ1n) is 9.58. The average Bonchev–Trinajstić information content (AvgIpc) is 2.75. The maximum atomic E-state index is 12.4. The molecule has 29 heavy (non-hydrogen) atoms. The zero-order valence-corrected chi connectivity index (χ0v) is 16.9. The zero-order chi connectivity index (χ0) is 20.6. The zero-order valence-electron chi connectivity index (χ0n) is 16.1. The van der Waals surface area contributed by atoms with Gasteiger partial charge in [0.2, 0.25) is 5.91 Å². The van der Waals surface area contributed by atoms with E-state index < -0.39 is 0 Å². The SMILES string of the molecule is N#Cc1ccc(CN2CCN(C(=O)CCNC(=O)c3ccc(Cl)cc3)CC2)cc1. The molecule has 0 bridgehead atoms. The first-order valence-corrected chi connectivity index (χ1v) is 9.96. The van der Waals surface area contributed by atoms with Gasteiger partial charge in [-0.3, -0.25) is 14.5 Å². The summed E-state index contributed by atoms with van der Waals surface area (Å²) in [6, 6.07) is 16.4. The van der Waals surface area contributed by atoms with Gasteiger partial charge in [-0.05, 0) is 42.0 Å². The monoisotopic (exact) mass is 410 g/mol. The Labute approximate surface area is 175 Å². The number of nitrogens with zero attached hydrogens (tertiary/aromatic N) is 3. The van der Waals surface area contributed by atoms with Gasteiger partial charge in [0, 0.05) is 56.3 Å². The van der Waals surface area contributed by atoms with Crippen molar-refractivity contribution >= 4 is 23.4 Å². The summed E-state index contributed by atoms with van der Waals surface area (Å²) < 4.78 is 0. The molecule has 3 rings (SSSR count). The van der Waals surface area contributed by atoms with Gasteiger partial charge in [-0.15, -0.1) is 0 Å². The van der Waals surface area contributed by atoms with E-state index in [0.29, 0.717) is 35.8 Å². The topological polar surface area (TPSA) is 76.4 Å². The minimum Gasteiger partial charge on any atom is -0.352 e. The molecule has 7 heteroatoms. The van der Waals surface area contributed by atoms with Crippen LogP contribution in [0.3, 0.4) is 0 Å². The summed E-state index contributed by atoms with van der Waals surface area (Å²) in [5.41, 5.74) is 2.35. The Morgan fingerprint density at radius 2 is 1.66 bits per heavy atom. The van der Waals surface area contributed by atoms with Gasteiger partial charge in [-0.1, -0.05) is 23.7 Å². The molecule has 150 valence electrons. The van der Waals surface area contributed by atoms with Crippen molar-refractivity contribution in [1.82, 2.24) is 15.1 Å². The summed E-state index contributed by atoms with van der Waals surface area (Å²) in [4.78, 5) is 28.6. The Morgan fingerprint density at radius 3 is 2.28 bits per heavy atom. The molecule has 2 amide bonds. The standard InChI is InChI=1S/C22H23ClN4O2/c23-20-7-5-19(6-8-20)22(29)25-10-9-21(28)27-13-11-26(12-14-27)16-18-3-1-17(15-24)2-4-18/h1-8H,9-14,16H2,(H,25,29). The summed E-state index contributed by atoms with van der Waals surface area (Å²) in [5.74, 6) is -0.152. The number of carbonyl (C=O) groups excluding carboxylic acids is 2. The second-order valence-corrected chi connectivity index (χ2v) is 7.41. The smallest absolute Gasteiger partial charge is 0.251 e. The van der Waals surface area contributed by atoms with Crippen LogP contribution >= 0.6 is 11.6 Å². The number of rotatable bonds is 6. The fourth-order valence-electron chi connectivity index (χ4n) is 3.24. The van der Waals surface area contributed by atoms with Crippen molar-refractivity contribution in [3.05, 3.63) is 70.2 Å². The van der Waals surface area contributed by atoms with Crippen molar-refractivity contribution in [3.63, 3.8) is 0 Å². The third-order valence-electron chi connectivity index (χ3n) is 4.95. The maximum Gasteiger partial charge on any atom is 0.251 e. The molecule has 0 spiro atoms. The van der Waals surface area contributed by atoms with Crippen molar-refractivity contribution < 1.29 is 9.59 Å². The fourth-order valence-corrected chi connectivity index (χ4v) is 3.37. The Morgan fingerprint density at radius 1 is 1.00 bits per heavy atom. The Bertz CT molecular complexity index is 883. The number of piperazine rings is 1. The number of nitrogens with one attached hydrogen (secondary N) is 1. The van der Waals surface area contributed by atoms with E-state index >= 15 is 0 Å². The van der Waals surface area contributed by atoms with Crippen LogP contribution in [0.5, 0.6) is 0 Å². The summed E-state index contributed by atoms with van der Waals surface area (Å²) in [6.07, 6.45) is 0.287. The van der Waals surface area contributed by atoms with E-state index in [0.717, 1.165) is 25.2 Å². The van der Waals surface area contributed by atoms with Gasteiger partial charge in [-0.25, -0.2) is 0 Å². The van der Waals surface area contributed by atoms with E-state index in [9.17, 15) is 9.59 Å². The molecule has 1 fully saturated rings. The molecule has 0 saturated carbocycles. The van der Waals surface area contributed by atoms with Gasteiger partial charge in [0.25, 0.3) is 5.91 Å². The quantitative estimate of drug-likeness (QED) is 0.794. The van der Waals surface area contributed by atoms with E-state index in [2.05, 4.69) is 16.3 Å². The molecule has 1 aliphatic rings. The number of hydrogen-bond acceptors (Lipinski definition) is 4. The first kappa shape index (κ1) is 20.8. The molecule has 2 aromatic carbocycles. The Kier molecular flexibility index (Phi) is 7.23. The third-order valence-corrected chi connectivity index (χ3v) is 5.20. The Hall–Kier alpha value is -2.88. The average molecular weight is 411 g/mol. The lowest BCUT2D eigenvalue weighted by atomic mass is 10.1. The highest BCUT2D eigenvalue weighted by atomic mass is 35.5. The van der Waals surface area contributed by atoms with Crippen LogP contribution in [0.2, 0.25) is 5.02 Å². The second kappa shape index (κ2) is 10.1. The molecule has 0 aromatic heterocycles. The van der Waals surface area contributed by atoms with Gasteiger partial charge in [0.15, 0.2) is 0 Å². The van der Waals surface area contributed by atoms with Gasteiger partial charge >= 0.3 is 0 Å². The molecule has 1 N–H and O–H groups in total. The number of amides is 2. The van der Waals surface area contributed by atoms with Crippen LogP contribution in [-0.2, 0) is 11.3 Å². The van der Waals surface area contributed by atoms with Crippen LogP contribution in [0.4, 0.5) is 0 Å². The lowest BCUT2D eigenvalue weighted by Crippen LogP contribution is -2.48. The number of halogens is 1. The molecule has 6 nitrogen and oxygen atoms in total. The second-order valence-electron chi connectivity index (χ2n) is 6.98. The highest BCUT2D eigenvalue weighted by Gasteiger charge is 2.21. The van der Waals surface area contributed by atoms with Crippen molar-refractivity contribution in [2.24, 2.45) is 0 Å². The molecule has 2 aromatic rings. The number of hydrogen-bond donors (Lipinski definition) is 1. The molecule has 0 unspecified atom stereocenters. The lowest BCUT2D eigenvalue weighted by Gasteiger charge is -2.34. The van der Waals surface area contributed by atoms with Crippen LogP contribution < -0.4 is 5.32 Å². The first-order chi connectivity index (χ1) is 14.0. The summed E-state index contributed by atoms with van der Waals surface area (Å²) in [6.45, 7) is 4.10. The number of nitriles is 1. The predicted octanol–water partition coefficient (Wildman–Crippen LogP) is 2.68. The third kappa shape index (κ3) is 6.05. The van der Waals surface area contributed by atoms with Crippen LogP contribution in [0.15, 0.2) is 48.5 Å². The molecule has 1 aliphatic heterocycles. The lowest BCUT2D eigenvalue weighted by molar-refractivity contribution is -0.132. The van der Waals surface area contributed by atoms with E-state index in [-0.39, 0.29) is 18.2 Å². The molecule has 1 saturated heterocycles. The van der Waals surface area contributed by atoms with Crippen LogP contribution in [-0.4, -0.2) is 54.3 Å². The van der Waals surface area contributed by atoms with Gasteiger partial charge < -0.3 is 10.2 Å². The maximum absolute atomic E-state index is 12.4. The molecule has 1 heterocycles. The fraction of sp³-hybridized carbons (Fsp3) is 0.318. The molecular weight excluding hydrogens is 388 g/mol. The highest BCUT2D eigenvalue weighted by Crippen LogP contribution is 2.11. The minimum absolute atomic E-state index is 0.0550. The number of carbonyl (C=O) groups is 2. The summed E-state index contributed by atoms with van der Waals surface area (Å²) in [5, 5.41) is 12.2. The Balaban J connectivity index is 1.37. The summed E-state index contributed by atoms with van der Waals surface area (Å²) in [7, 11) is 0. The van der Waals surface area contributed by atoms with E-state index in [1.807, 2.05) is 29.2 Å². The number of benzene rings is 2. The van der Waals surface area contributed by atoms with Crippen LogP contribution in [0.25, 0.3) is 0 Å². The van der Waals surface area contributed by atoms with Gasteiger partial charge in [-0.2, -0.15) is 5.26 Å². The van der Waals surface area contributed by atoms with Crippen molar-refractivity contribution in [2.45, 2.75) is 13.0 Å². The molecular formula is C22H23ClN4O2. The molecule has 0 aliphatic carbocycles. The van der Waals surface area contributed by atoms with Crippen molar-refractivity contribution in [1.29, 1.82) is 5.26 Å². The van der Waals surface area contributed by atoms with E-state index in [1.54, 1.807) is 24.3 Å². The van der Waals surface area contributed by atoms with Crippen LogP contribution in [0, 0.1) is 11.3 Å². The summed E-state index contributed by atoms with van der Waals surface area (Å²) >= 11 is 5.82. The van der Waals surface area contributed by atoms with Crippen molar-refractivity contribution in [2.75, 3.05) is 32.7 Å². The molecule has 0 atom stereocenters. The van der Waals surface area contributed by atoms with Crippen molar-refractivity contribution in [3.8, 4) is 6.07 Å². The normalized spacial score (nSPS) is 14.3. The largest absolute Gasteiger partial charge is 0.352 e.